The molecular weight excluding hydrogens is 262 g/mol. The molecule has 1 amide bonds. The van der Waals surface area contributed by atoms with Crippen molar-refractivity contribution in [1.29, 1.82) is 0 Å². The minimum atomic E-state index is -0.896. The number of benzene rings is 2. The largest absolute Gasteiger partial charge is 0.399 e. The van der Waals surface area contributed by atoms with Gasteiger partial charge in [-0.3, -0.25) is 4.79 Å². The zero-order chi connectivity index (χ0) is 14.9. The van der Waals surface area contributed by atoms with E-state index in [4.69, 9.17) is 5.73 Å². The fourth-order valence-corrected chi connectivity index (χ4v) is 1.84. The summed E-state index contributed by atoms with van der Waals surface area (Å²) < 4.78 is 26.3. The summed E-state index contributed by atoms with van der Waals surface area (Å²) in [7, 11) is 0. The van der Waals surface area contributed by atoms with E-state index in [1.165, 1.54) is 0 Å². The van der Waals surface area contributed by atoms with Crippen LogP contribution in [0.3, 0.4) is 0 Å². The van der Waals surface area contributed by atoms with Gasteiger partial charge < -0.3 is 11.1 Å². The van der Waals surface area contributed by atoms with E-state index in [0.717, 1.165) is 23.3 Å². The van der Waals surface area contributed by atoms with E-state index in [2.05, 4.69) is 5.32 Å². The molecular formula is C15H14F2N2O. The second kappa shape index (κ2) is 5.28. The van der Waals surface area contributed by atoms with E-state index < -0.39 is 17.5 Å². The third-order valence-electron chi connectivity index (χ3n) is 3.04. The molecule has 2 aromatic carbocycles. The minimum Gasteiger partial charge on any atom is -0.399 e. The summed E-state index contributed by atoms with van der Waals surface area (Å²) in [4.78, 5) is 12.0. The van der Waals surface area contributed by atoms with Gasteiger partial charge in [0.1, 0.15) is 11.6 Å². The normalized spacial score (nSPS) is 10.4. The molecule has 2 aromatic rings. The molecule has 0 aliphatic rings. The first-order valence-electron chi connectivity index (χ1n) is 6.01. The summed E-state index contributed by atoms with van der Waals surface area (Å²) in [6, 6.07) is 6.27. The monoisotopic (exact) mass is 276 g/mol. The summed E-state index contributed by atoms with van der Waals surface area (Å²) in [6.07, 6.45) is 0. The zero-order valence-corrected chi connectivity index (χ0v) is 11.1. The number of halogens is 2. The van der Waals surface area contributed by atoms with Gasteiger partial charge in [0.05, 0.1) is 5.56 Å². The molecule has 3 N–H and O–H groups in total. The third kappa shape index (κ3) is 2.77. The van der Waals surface area contributed by atoms with Crippen molar-refractivity contribution >= 4 is 17.3 Å². The van der Waals surface area contributed by atoms with Crippen molar-refractivity contribution in [1.82, 2.24) is 0 Å². The molecule has 5 heteroatoms. The van der Waals surface area contributed by atoms with Crippen molar-refractivity contribution in [2.45, 2.75) is 13.8 Å². The van der Waals surface area contributed by atoms with Crippen LogP contribution in [0.5, 0.6) is 0 Å². The Balaban J connectivity index is 2.30. The highest BCUT2D eigenvalue weighted by Gasteiger charge is 2.14. The zero-order valence-electron chi connectivity index (χ0n) is 11.1. The Kier molecular flexibility index (Phi) is 3.70. The van der Waals surface area contributed by atoms with Gasteiger partial charge in [-0.05, 0) is 49.2 Å². The topological polar surface area (TPSA) is 55.1 Å². The first-order chi connectivity index (χ1) is 9.38. The van der Waals surface area contributed by atoms with E-state index in [0.29, 0.717) is 17.4 Å². The van der Waals surface area contributed by atoms with Gasteiger partial charge in [-0.1, -0.05) is 0 Å². The van der Waals surface area contributed by atoms with Crippen LogP contribution in [0.15, 0.2) is 30.3 Å². The van der Waals surface area contributed by atoms with Gasteiger partial charge in [0.15, 0.2) is 0 Å². The van der Waals surface area contributed by atoms with Crippen LogP contribution < -0.4 is 11.1 Å². The van der Waals surface area contributed by atoms with Crippen molar-refractivity contribution in [2.24, 2.45) is 0 Å². The number of hydrogen-bond donors (Lipinski definition) is 2. The molecule has 0 radical (unpaired) electrons. The standard InChI is InChI=1S/C15H14F2N2O/c1-8-6-14(9(2)5-13(8)18)19-15(20)11-4-3-10(16)7-12(11)17/h3-7H,18H2,1-2H3,(H,19,20). The Labute approximate surface area is 115 Å². The average Bonchev–Trinajstić information content (AvgIpc) is 2.35. The Hall–Kier alpha value is -2.43. The summed E-state index contributed by atoms with van der Waals surface area (Å²) in [5.41, 5.74) is 8.29. The molecule has 104 valence electrons. The van der Waals surface area contributed by atoms with Gasteiger partial charge in [0.2, 0.25) is 0 Å². The molecule has 20 heavy (non-hydrogen) atoms. The Morgan fingerprint density at radius 1 is 1.10 bits per heavy atom. The highest BCUT2D eigenvalue weighted by atomic mass is 19.1. The molecule has 0 unspecified atom stereocenters. The van der Waals surface area contributed by atoms with Crippen LogP contribution in [-0.2, 0) is 0 Å². The Bertz CT molecular complexity index is 684. The van der Waals surface area contributed by atoms with Crippen LogP contribution in [0.25, 0.3) is 0 Å². The predicted molar refractivity (Wildman–Crippen MR) is 74.6 cm³/mol. The molecule has 2 rings (SSSR count). The van der Waals surface area contributed by atoms with Crippen LogP contribution in [0.2, 0.25) is 0 Å². The number of nitrogen functional groups attached to an aromatic ring is 1. The second-order valence-corrected chi connectivity index (χ2v) is 4.60. The molecule has 3 nitrogen and oxygen atoms in total. The van der Waals surface area contributed by atoms with Gasteiger partial charge >= 0.3 is 0 Å². The third-order valence-corrected chi connectivity index (χ3v) is 3.04. The maximum Gasteiger partial charge on any atom is 0.258 e. The lowest BCUT2D eigenvalue weighted by atomic mass is 10.1. The van der Waals surface area contributed by atoms with Gasteiger partial charge in [-0.2, -0.15) is 0 Å². The molecule has 0 saturated carbocycles. The first-order valence-corrected chi connectivity index (χ1v) is 6.01. The van der Waals surface area contributed by atoms with Crippen LogP contribution in [-0.4, -0.2) is 5.91 Å². The van der Waals surface area contributed by atoms with E-state index in [1.54, 1.807) is 19.1 Å². The smallest absolute Gasteiger partial charge is 0.258 e. The average molecular weight is 276 g/mol. The number of hydrogen-bond acceptors (Lipinski definition) is 2. The summed E-state index contributed by atoms with van der Waals surface area (Å²) >= 11 is 0. The fourth-order valence-electron chi connectivity index (χ4n) is 1.84. The van der Waals surface area contributed by atoms with E-state index >= 15 is 0 Å². The van der Waals surface area contributed by atoms with E-state index in [1.807, 2.05) is 6.92 Å². The molecule has 0 bridgehead atoms. The fraction of sp³-hybridized carbons (Fsp3) is 0.133. The van der Waals surface area contributed by atoms with Gasteiger partial charge in [0.25, 0.3) is 5.91 Å². The maximum atomic E-state index is 13.5. The number of carbonyl (C=O) groups excluding carboxylic acids is 1. The predicted octanol–water partition coefficient (Wildman–Crippen LogP) is 3.42. The van der Waals surface area contributed by atoms with E-state index in [-0.39, 0.29) is 5.56 Å². The van der Waals surface area contributed by atoms with Crippen molar-refractivity contribution in [2.75, 3.05) is 11.1 Å². The molecule has 0 fully saturated rings. The molecule has 0 aromatic heterocycles. The number of amides is 1. The lowest BCUT2D eigenvalue weighted by Crippen LogP contribution is -2.15. The molecule has 0 spiro atoms. The quantitative estimate of drug-likeness (QED) is 0.826. The summed E-state index contributed by atoms with van der Waals surface area (Å²) in [6.45, 7) is 3.59. The van der Waals surface area contributed by atoms with Crippen LogP contribution in [0.1, 0.15) is 21.5 Å². The minimum absolute atomic E-state index is 0.208. The Morgan fingerprint density at radius 3 is 2.45 bits per heavy atom. The van der Waals surface area contributed by atoms with Crippen LogP contribution in [0.4, 0.5) is 20.2 Å². The number of nitrogens with two attached hydrogens (primary N) is 1. The number of rotatable bonds is 2. The van der Waals surface area contributed by atoms with Gasteiger partial charge in [0, 0.05) is 17.4 Å². The molecule has 0 aliphatic carbocycles. The molecule has 0 atom stereocenters. The van der Waals surface area contributed by atoms with Crippen molar-refractivity contribution in [3.63, 3.8) is 0 Å². The highest BCUT2D eigenvalue weighted by Crippen LogP contribution is 2.23. The number of anilines is 2. The lowest BCUT2D eigenvalue weighted by molar-refractivity contribution is 0.102. The summed E-state index contributed by atoms with van der Waals surface area (Å²) in [5, 5.41) is 2.60. The van der Waals surface area contributed by atoms with Crippen molar-refractivity contribution in [3.05, 3.63) is 58.7 Å². The van der Waals surface area contributed by atoms with Gasteiger partial charge in [-0.15, -0.1) is 0 Å². The number of nitrogens with one attached hydrogen (secondary N) is 1. The summed E-state index contributed by atoms with van der Waals surface area (Å²) in [5.74, 6) is -2.25. The lowest BCUT2D eigenvalue weighted by Gasteiger charge is -2.11. The Morgan fingerprint density at radius 2 is 1.80 bits per heavy atom. The van der Waals surface area contributed by atoms with Crippen molar-refractivity contribution < 1.29 is 13.6 Å². The second-order valence-electron chi connectivity index (χ2n) is 4.60. The molecule has 0 heterocycles. The van der Waals surface area contributed by atoms with Crippen LogP contribution >= 0.6 is 0 Å². The van der Waals surface area contributed by atoms with Crippen molar-refractivity contribution in [3.8, 4) is 0 Å². The number of aryl methyl sites for hydroxylation is 2. The first kappa shape index (κ1) is 14.0. The maximum absolute atomic E-state index is 13.5. The molecule has 0 aliphatic heterocycles. The van der Waals surface area contributed by atoms with E-state index in [9.17, 15) is 13.6 Å². The highest BCUT2D eigenvalue weighted by molar-refractivity contribution is 6.05. The number of carbonyl (C=O) groups is 1. The van der Waals surface area contributed by atoms with Crippen LogP contribution in [0, 0.1) is 25.5 Å². The van der Waals surface area contributed by atoms with Gasteiger partial charge in [-0.25, -0.2) is 8.78 Å². The SMILES string of the molecule is Cc1cc(NC(=O)c2ccc(F)cc2F)c(C)cc1N. The molecule has 0 saturated heterocycles.